The third-order valence-corrected chi connectivity index (χ3v) is 3.05. The predicted octanol–water partition coefficient (Wildman–Crippen LogP) is 1.51. The molecule has 0 bridgehead atoms. The quantitative estimate of drug-likeness (QED) is 0.431. The average molecular weight is 393 g/mol. The van der Waals surface area contributed by atoms with Crippen molar-refractivity contribution >= 4 is 34.6 Å². The second-order valence-electron chi connectivity index (χ2n) is 4.76. The van der Waals surface area contributed by atoms with Crippen molar-refractivity contribution < 1.29 is 14.3 Å². The number of carbonyl (C=O) groups excluding carboxylic acids is 2. The summed E-state index contributed by atoms with van der Waals surface area (Å²) in [4.78, 5) is 24.1. The van der Waals surface area contributed by atoms with Gasteiger partial charge in [0.05, 0.1) is 13.1 Å². The molecule has 0 aromatic carbocycles. The number of halogens is 1. The molecule has 6 nitrogen and oxygen atoms in total. The Bertz CT molecular complexity index is 440. The smallest absolute Gasteiger partial charge is 0.413 e. The van der Waals surface area contributed by atoms with Gasteiger partial charge in [-0.2, -0.15) is 0 Å². The van der Waals surface area contributed by atoms with Crippen LogP contribution in [-0.2, 0) is 9.53 Å². The van der Waals surface area contributed by atoms with Gasteiger partial charge in [-0.3, -0.25) is 10.1 Å². The SMILES string of the molecule is CC(=O)N1CC(OC(=O)N/C(N)=C/C(C)=C\C(C)I)C1. The molecule has 7 heteroatoms. The Kier molecular flexibility index (Phi) is 6.31. The molecule has 0 aromatic rings. The monoisotopic (exact) mass is 393 g/mol. The van der Waals surface area contributed by atoms with Crippen LogP contribution in [0.25, 0.3) is 0 Å². The molecule has 1 saturated heterocycles. The first-order valence-electron chi connectivity index (χ1n) is 6.30. The van der Waals surface area contributed by atoms with Gasteiger partial charge >= 0.3 is 6.09 Å². The Morgan fingerprint density at radius 2 is 2.05 bits per heavy atom. The first-order valence-corrected chi connectivity index (χ1v) is 7.55. The number of ether oxygens (including phenoxy) is 1. The highest BCUT2D eigenvalue weighted by Crippen LogP contribution is 2.12. The lowest BCUT2D eigenvalue weighted by molar-refractivity contribution is -0.138. The molecule has 1 atom stereocenters. The van der Waals surface area contributed by atoms with Crippen LogP contribution in [0.15, 0.2) is 23.5 Å². The maximum atomic E-state index is 11.6. The van der Waals surface area contributed by atoms with Crippen LogP contribution in [0.4, 0.5) is 4.79 Å². The molecule has 1 aliphatic rings. The molecule has 1 unspecified atom stereocenters. The number of likely N-dealkylation sites (tertiary alicyclic amines) is 1. The lowest BCUT2D eigenvalue weighted by Gasteiger charge is -2.37. The Labute approximate surface area is 132 Å². The van der Waals surface area contributed by atoms with Crippen LogP contribution < -0.4 is 11.1 Å². The first kappa shape index (κ1) is 16.8. The summed E-state index contributed by atoms with van der Waals surface area (Å²) in [6.07, 6.45) is 2.86. The second-order valence-corrected chi connectivity index (χ2v) is 6.73. The predicted molar refractivity (Wildman–Crippen MR) is 85.2 cm³/mol. The maximum Gasteiger partial charge on any atom is 0.413 e. The number of nitrogens with one attached hydrogen (secondary N) is 1. The topological polar surface area (TPSA) is 84.7 Å². The summed E-state index contributed by atoms with van der Waals surface area (Å²) in [7, 11) is 0. The number of hydrogen-bond acceptors (Lipinski definition) is 4. The minimum absolute atomic E-state index is 0.0154. The van der Waals surface area contributed by atoms with E-state index in [-0.39, 0.29) is 17.8 Å². The summed E-state index contributed by atoms with van der Waals surface area (Å²) >= 11 is 2.27. The number of allylic oxidation sites excluding steroid dienone is 3. The number of rotatable bonds is 4. The van der Waals surface area contributed by atoms with E-state index in [2.05, 4.69) is 27.9 Å². The van der Waals surface area contributed by atoms with E-state index in [0.717, 1.165) is 5.57 Å². The molecule has 112 valence electrons. The van der Waals surface area contributed by atoms with Gasteiger partial charge < -0.3 is 15.4 Å². The summed E-state index contributed by atoms with van der Waals surface area (Å²) in [5, 5.41) is 2.46. The highest BCUT2D eigenvalue weighted by atomic mass is 127. The van der Waals surface area contributed by atoms with Crippen molar-refractivity contribution in [1.82, 2.24) is 10.2 Å². The molecule has 3 N–H and O–H groups in total. The minimum Gasteiger partial charge on any atom is -0.442 e. The van der Waals surface area contributed by atoms with E-state index < -0.39 is 6.09 Å². The Morgan fingerprint density at radius 1 is 1.45 bits per heavy atom. The van der Waals surface area contributed by atoms with Crippen LogP contribution in [0.1, 0.15) is 20.8 Å². The van der Waals surface area contributed by atoms with Crippen molar-refractivity contribution in [3.8, 4) is 0 Å². The molecule has 1 heterocycles. The Morgan fingerprint density at radius 3 is 2.55 bits per heavy atom. The van der Waals surface area contributed by atoms with Crippen LogP contribution >= 0.6 is 22.6 Å². The standard InChI is InChI=1S/C13H20IN3O3/c1-8(4-9(2)14)5-12(15)16-13(19)20-11-6-17(7-11)10(3)18/h4-5,9,11H,6-7,15H2,1-3H3,(H,16,19)/b8-4-,12-5+. The molecule has 1 aliphatic heterocycles. The Balaban J connectivity index is 2.36. The van der Waals surface area contributed by atoms with Crippen LogP contribution in [0.2, 0.25) is 0 Å². The van der Waals surface area contributed by atoms with Crippen molar-refractivity contribution in [2.75, 3.05) is 13.1 Å². The highest BCUT2D eigenvalue weighted by Gasteiger charge is 2.31. The molecule has 0 saturated carbocycles. The number of amides is 2. The summed E-state index contributed by atoms with van der Waals surface area (Å²) in [6.45, 7) is 6.33. The van der Waals surface area contributed by atoms with Crippen molar-refractivity contribution in [2.45, 2.75) is 30.8 Å². The summed E-state index contributed by atoms with van der Waals surface area (Å²) in [5.74, 6) is 0.224. The van der Waals surface area contributed by atoms with Crippen molar-refractivity contribution in [3.63, 3.8) is 0 Å². The van der Waals surface area contributed by atoms with Crippen molar-refractivity contribution in [3.05, 3.63) is 23.5 Å². The number of hydrogen-bond donors (Lipinski definition) is 2. The van der Waals surface area contributed by atoms with E-state index in [9.17, 15) is 9.59 Å². The lowest BCUT2D eigenvalue weighted by atomic mass is 10.2. The van der Waals surface area contributed by atoms with Crippen LogP contribution in [0, 0.1) is 0 Å². The summed E-state index contributed by atoms with van der Waals surface area (Å²) in [5.41, 5.74) is 6.67. The molecular formula is C13H20IN3O3. The van der Waals surface area contributed by atoms with Crippen LogP contribution in [-0.4, -0.2) is 40.0 Å². The van der Waals surface area contributed by atoms with E-state index in [0.29, 0.717) is 17.0 Å². The molecule has 1 rings (SSSR count). The van der Waals surface area contributed by atoms with E-state index in [1.807, 2.05) is 19.9 Å². The molecule has 2 amide bonds. The van der Waals surface area contributed by atoms with E-state index in [4.69, 9.17) is 10.5 Å². The fraction of sp³-hybridized carbons (Fsp3) is 0.538. The molecule has 20 heavy (non-hydrogen) atoms. The Hall–Kier alpha value is -1.25. The third-order valence-electron chi connectivity index (χ3n) is 2.69. The average Bonchev–Trinajstić information content (AvgIpc) is 2.20. The zero-order valence-corrected chi connectivity index (χ0v) is 14.0. The molecule has 0 aliphatic carbocycles. The molecule has 0 aromatic heterocycles. The first-order chi connectivity index (χ1) is 9.27. The van der Waals surface area contributed by atoms with Gasteiger partial charge in [0.15, 0.2) is 0 Å². The summed E-state index contributed by atoms with van der Waals surface area (Å²) < 4.78 is 5.50. The summed E-state index contributed by atoms with van der Waals surface area (Å²) in [6, 6.07) is 0. The van der Waals surface area contributed by atoms with Gasteiger partial charge in [-0.25, -0.2) is 4.79 Å². The van der Waals surface area contributed by atoms with Gasteiger partial charge in [-0.15, -0.1) is 0 Å². The normalized spacial score (nSPS) is 18.3. The molecule has 1 fully saturated rings. The zero-order chi connectivity index (χ0) is 15.3. The van der Waals surface area contributed by atoms with E-state index in [1.165, 1.54) is 6.92 Å². The fourth-order valence-electron chi connectivity index (χ4n) is 1.76. The highest BCUT2D eigenvalue weighted by molar-refractivity contribution is 14.1. The fourth-order valence-corrected chi connectivity index (χ4v) is 2.33. The number of alkyl carbamates (subject to hydrolysis) is 1. The second kappa shape index (κ2) is 7.51. The number of nitrogens with zero attached hydrogens (tertiary/aromatic N) is 1. The van der Waals surface area contributed by atoms with Gasteiger partial charge in [0, 0.05) is 10.8 Å². The van der Waals surface area contributed by atoms with Gasteiger partial charge in [0.2, 0.25) is 5.91 Å². The van der Waals surface area contributed by atoms with Gasteiger partial charge in [-0.1, -0.05) is 34.2 Å². The largest absolute Gasteiger partial charge is 0.442 e. The van der Waals surface area contributed by atoms with E-state index in [1.54, 1.807) is 11.0 Å². The molecular weight excluding hydrogens is 373 g/mol. The number of carbonyl (C=O) groups is 2. The van der Waals surface area contributed by atoms with Crippen molar-refractivity contribution in [1.29, 1.82) is 0 Å². The lowest BCUT2D eigenvalue weighted by Crippen LogP contribution is -2.55. The van der Waals surface area contributed by atoms with Gasteiger partial charge in [0.25, 0.3) is 0 Å². The maximum absolute atomic E-state index is 11.6. The van der Waals surface area contributed by atoms with Crippen LogP contribution in [0.3, 0.4) is 0 Å². The molecule has 0 spiro atoms. The number of alkyl halides is 1. The molecule has 0 radical (unpaired) electrons. The minimum atomic E-state index is -0.595. The third kappa shape index (κ3) is 5.81. The van der Waals surface area contributed by atoms with Crippen LogP contribution in [0.5, 0.6) is 0 Å². The number of nitrogens with two attached hydrogens (primary N) is 1. The van der Waals surface area contributed by atoms with E-state index >= 15 is 0 Å². The zero-order valence-electron chi connectivity index (χ0n) is 11.9. The van der Waals surface area contributed by atoms with Gasteiger partial charge in [-0.05, 0) is 19.9 Å². The van der Waals surface area contributed by atoms with Gasteiger partial charge in [0.1, 0.15) is 11.9 Å². The van der Waals surface area contributed by atoms with Crippen molar-refractivity contribution in [2.24, 2.45) is 5.73 Å².